The number of hydrogen-bond donors (Lipinski definition) is 1. The van der Waals surface area contributed by atoms with Gasteiger partial charge >= 0.3 is 5.97 Å². The lowest BCUT2D eigenvalue weighted by Gasteiger charge is -2.17. The van der Waals surface area contributed by atoms with Gasteiger partial charge in [0.15, 0.2) is 0 Å². The van der Waals surface area contributed by atoms with Crippen LogP contribution in [-0.4, -0.2) is 29.6 Å². The van der Waals surface area contributed by atoms with Gasteiger partial charge in [0.2, 0.25) is 0 Å². The molecule has 0 amide bonds. The third-order valence-corrected chi connectivity index (χ3v) is 2.88. The first kappa shape index (κ1) is 14.6. The Kier molecular flexibility index (Phi) is 5.78. The largest absolute Gasteiger partial charge is 0.478 e. The van der Waals surface area contributed by atoms with Crippen molar-refractivity contribution in [3.8, 4) is 0 Å². The molecule has 0 spiro atoms. The van der Waals surface area contributed by atoms with E-state index in [4.69, 9.17) is 5.11 Å². The molecule has 0 bridgehead atoms. The highest BCUT2D eigenvalue weighted by molar-refractivity contribution is 5.89. The molecular formula is C14H20FNO2. The minimum atomic E-state index is -1.01. The monoisotopic (exact) mass is 253 g/mol. The lowest BCUT2D eigenvalue weighted by Crippen LogP contribution is -2.20. The summed E-state index contributed by atoms with van der Waals surface area (Å²) in [7, 11) is 1.92. The Morgan fingerprint density at radius 3 is 2.72 bits per heavy atom. The molecule has 0 radical (unpaired) electrons. The van der Waals surface area contributed by atoms with E-state index in [-0.39, 0.29) is 5.56 Å². The molecule has 1 rings (SSSR count). The number of carboxylic acids is 1. The van der Waals surface area contributed by atoms with Crippen LogP contribution in [0.4, 0.5) is 4.39 Å². The van der Waals surface area contributed by atoms with Crippen molar-refractivity contribution in [3.63, 3.8) is 0 Å². The van der Waals surface area contributed by atoms with E-state index in [1.54, 1.807) is 0 Å². The first-order valence-electron chi connectivity index (χ1n) is 6.25. The molecule has 0 aromatic heterocycles. The van der Waals surface area contributed by atoms with Gasteiger partial charge < -0.3 is 10.0 Å². The summed E-state index contributed by atoms with van der Waals surface area (Å²) in [6.07, 6.45) is 3.37. The van der Waals surface area contributed by atoms with Gasteiger partial charge in [-0.15, -0.1) is 0 Å². The fourth-order valence-corrected chi connectivity index (χ4v) is 1.90. The normalized spacial score (nSPS) is 10.9. The van der Waals surface area contributed by atoms with Gasteiger partial charge in [-0.3, -0.25) is 0 Å². The Hall–Kier alpha value is -1.42. The van der Waals surface area contributed by atoms with Crippen LogP contribution in [-0.2, 0) is 6.54 Å². The number of nitrogens with zero attached hydrogens (tertiary/aromatic N) is 1. The number of unbranched alkanes of at least 4 members (excludes halogenated alkanes) is 2. The number of carbonyl (C=O) groups is 1. The van der Waals surface area contributed by atoms with Crippen LogP contribution < -0.4 is 0 Å². The van der Waals surface area contributed by atoms with E-state index in [0.717, 1.165) is 25.8 Å². The molecule has 0 aliphatic rings. The Morgan fingerprint density at radius 1 is 1.39 bits per heavy atom. The van der Waals surface area contributed by atoms with Gasteiger partial charge in [-0.2, -0.15) is 0 Å². The van der Waals surface area contributed by atoms with Crippen molar-refractivity contribution >= 4 is 5.97 Å². The van der Waals surface area contributed by atoms with Crippen LogP contribution in [0.2, 0.25) is 0 Å². The third kappa shape index (κ3) is 4.45. The summed E-state index contributed by atoms with van der Waals surface area (Å²) in [6.45, 7) is 3.49. The van der Waals surface area contributed by atoms with Crippen molar-refractivity contribution in [2.45, 2.75) is 32.7 Å². The standard InChI is InChI=1S/C14H20FNO2/c1-3-4-5-8-16(2)10-11-9-12(15)6-7-13(11)14(17)18/h6-7,9H,3-5,8,10H2,1-2H3,(H,17,18). The fourth-order valence-electron chi connectivity index (χ4n) is 1.90. The van der Waals surface area contributed by atoms with Crippen molar-refractivity contribution in [2.24, 2.45) is 0 Å². The Bertz CT molecular complexity index is 407. The summed E-state index contributed by atoms with van der Waals surface area (Å²) < 4.78 is 13.2. The highest BCUT2D eigenvalue weighted by atomic mass is 19.1. The molecule has 100 valence electrons. The zero-order chi connectivity index (χ0) is 13.5. The van der Waals surface area contributed by atoms with Gasteiger partial charge in [0, 0.05) is 6.54 Å². The van der Waals surface area contributed by atoms with Gasteiger partial charge in [-0.1, -0.05) is 19.8 Å². The molecule has 0 atom stereocenters. The molecule has 0 aliphatic heterocycles. The molecule has 0 heterocycles. The second-order valence-electron chi connectivity index (χ2n) is 4.55. The van der Waals surface area contributed by atoms with E-state index in [1.807, 2.05) is 11.9 Å². The summed E-state index contributed by atoms with van der Waals surface area (Å²) in [5, 5.41) is 9.04. The van der Waals surface area contributed by atoms with Crippen LogP contribution in [0, 0.1) is 5.82 Å². The molecular weight excluding hydrogens is 233 g/mol. The third-order valence-electron chi connectivity index (χ3n) is 2.88. The summed E-state index contributed by atoms with van der Waals surface area (Å²) in [4.78, 5) is 13.1. The minimum Gasteiger partial charge on any atom is -0.478 e. The van der Waals surface area contributed by atoms with Crippen LogP contribution in [0.15, 0.2) is 18.2 Å². The number of carboxylic acid groups (broad SMARTS) is 1. The van der Waals surface area contributed by atoms with Gasteiger partial charge in [0.05, 0.1) is 5.56 Å². The summed E-state index contributed by atoms with van der Waals surface area (Å²) in [5.74, 6) is -1.40. The molecule has 0 unspecified atom stereocenters. The van der Waals surface area contributed by atoms with Crippen LogP contribution >= 0.6 is 0 Å². The number of aromatic carboxylic acids is 1. The maximum atomic E-state index is 13.2. The average molecular weight is 253 g/mol. The number of rotatable bonds is 7. The Morgan fingerprint density at radius 2 is 2.11 bits per heavy atom. The van der Waals surface area contributed by atoms with E-state index in [9.17, 15) is 9.18 Å². The zero-order valence-electron chi connectivity index (χ0n) is 10.9. The second kappa shape index (κ2) is 7.11. The van der Waals surface area contributed by atoms with E-state index in [1.165, 1.54) is 18.2 Å². The lowest BCUT2D eigenvalue weighted by atomic mass is 10.1. The quantitative estimate of drug-likeness (QED) is 0.759. The Balaban J connectivity index is 2.70. The SMILES string of the molecule is CCCCCN(C)Cc1cc(F)ccc1C(=O)O. The van der Waals surface area contributed by atoms with Crippen LogP contribution in [0.25, 0.3) is 0 Å². The van der Waals surface area contributed by atoms with Crippen LogP contribution in [0.1, 0.15) is 42.1 Å². The smallest absolute Gasteiger partial charge is 0.336 e. The van der Waals surface area contributed by atoms with Crippen molar-refractivity contribution in [1.29, 1.82) is 0 Å². The molecule has 18 heavy (non-hydrogen) atoms. The van der Waals surface area contributed by atoms with Gasteiger partial charge in [0.25, 0.3) is 0 Å². The van der Waals surface area contributed by atoms with Crippen LogP contribution in [0.5, 0.6) is 0 Å². The van der Waals surface area contributed by atoms with Gasteiger partial charge in [-0.05, 0) is 43.8 Å². The highest BCUT2D eigenvalue weighted by Crippen LogP contribution is 2.14. The zero-order valence-corrected chi connectivity index (χ0v) is 10.9. The second-order valence-corrected chi connectivity index (χ2v) is 4.55. The summed E-state index contributed by atoms with van der Waals surface area (Å²) in [5.41, 5.74) is 0.709. The number of hydrogen-bond acceptors (Lipinski definition) is 2. The maximum Gasteiger partial charge on any atom is 0.336 e. The maximum absolute atomic E-state index is 13.2. The predicted molar refractivity (Wildman–Crippen MR) is 69.2 cm³/mol. The summed E-state index contributed by atoms with van der Waals surface area (Å²) >= 11 is 0. The topological polar surface area (TPSA) is 40.5 Å². The van der Waals surface area contributed by atoms with Crippen molar-refractivity contribution in [2.75, 3.05) is 13.6 Å². The summed E-state index contributed by atoms with van der Waals surface area (Å²) in [6, 6.07) is 3.82. The number of benzene rings is 1. The molecule has 0 saturated heterocycles. The van der Waals surface area contributed by atoms with E-state index >= 15 is 0 Å². The van der Waals surface area contributed by atoms with Crippen molar-refractivity contribution < 1.29 is 14.3 Å². The average Bonchev–Trinajstić information content (AvgIpc) is 2.29. The van der Waals surface area contributed by atoms with E-state index in [2.05, 4.69) is 6.92 Å². The molecule has 0 aliphatic carbocycles. The molecule has 4 heteroatoms. The molecule has 1 N–H and O–H groups in total. The Labute approximate surface area is 107 Å². The molecule has 0 fully saturated rings. The van der Waals surface area contributed by atoms with Crippen molar-refractivity contribution in [3.05, 3.63) is 35.1 Å². The predicted octanol–water partition coefficient (Wildman–Crippen LogP) is 3.15. The first-order chi connectivity index (χ1) is 8.54. The molecule has 1 aromatic rings. The first-order valence-corrected chi connectivity index (χ1v) is 6.25. The minimum absolute atomic E-state index is 0.179. The lowest BCUT2D eigenvalue weighted by molar-refractivity contribution is 0.0694. The highest BCUT2D eigenvalue weighted by Gasteiger charge is 2.12. The van der Waals surface area contributed by atoms with Gasteiger partial charge in [0.1, 0.15) is 5.82 Å². The molecule has 3 nitrogen and oxygen atoms in total. The molecule has 0 saturated carbocycles. The van der Waals surface area contributed by atoms with Crippen molar-refractivity contribution in [1.82, 2.24) is 4.90 Å². The van der Waals surface area contributed by atoms with Gasteiger partial charge in [-0.25, -0.2) is 9.18 Å². The molecule has 1 aromatic carbocycles. The number of halogens is 1. The van der Waals surface area contributed by atoms with Crippen LogP contribution in [0.3, 0.4) is 0 Å². The van der Waals surface area contributed by atoms with E-state index in [0.29, 0.717) is 12.1 Å². The fraction of sp³-hybridized carbons (Fsp3) is 0.500. The van der Waals surface area contributed by atoms with E-state index < -0.39 is 11.8 Å².